The molecule has 0 aliphatic heterocycles. The van der Waals surface area contributed by atoms with Gasteiger partial charge in [-0.1, -0.05) is 29.3 Å². The number of benzene rings is 2. The van der Waals surface area contributed by atoms with E-state index in [4.69, 9.17) is 33.7 Å². The summed E-state index contributed by atoms with van der Waals surface area (Å²) in [5, 5.41) is 0.740. The van der Waals surface area contributed by atoms with E-state index in [2.05, 4.69) is 0 Å². The monoisotopic (exact) mass is 313 g/mol. The maximum absolute atomic E-state index is 14.0. The summed E-state index contributed by atoms with van der Waals surface area (Å²) in [6.07, 6.45) is 0. The average molecular weight is 314 g/mol. The van der Waals surface area contributed by atoms with Crippen LogP contribution in [0.4, 0.5) is 4.39 Å². The minimum atomic E-state index is -0.377. The fourth-order valence-electron chi connectivity index (χ4n) is 1.92. The maximum Gasteiger partial charge on any atom is 0.138 e. The van der Waals surface area contributed by atoms with Gasteiger partial charge in [0.2, 0.25) is 0 Å². The van der Waals surface area contributed by atoms with Crippen LogP contribution in [0.2, 0.25) is 10.0 Å². The summed E-state index contributed by atoms with van der Waals surface area (Å²) < 4.78 is 19.1. The first-order valence-corrected chi connectivity index (χ1v) is 6.78. The molecule has 0 bridgehead atoms. The Kier molecular flexibility index (Phi) is 4.53. The van der Waals surface area contributed by atoms with E-state index >= 15 is 0 Å². The molecule has 2 aromatic carbocycles. The third-order valence-electron chi connectivity index (χ3n) is 3.05. The summed E-state index contributed by atoms with van der Waals surface area (Å²) >= 11 is 12.3. The van der Waals surface area contributed by atoms with Gasteiger partial charge >= 0.3 is 0 Å². The van der Waals surface area contributed by atoms with E-state index < -0.39 is 0 Å². The summed E-state index contributed by atoms with van der Waals surface area (Å²) in [7, 11) is 1.49. The molecule has 2 rings (SSSR count). The first-order valence-electron chi connectivity index (χ1n) is 6.02. The SMILES string of the molecule is COc1cc(Cl)c(-c2cc(C(C)N)ccc2F)cc1Cl. The highest BCUT2D eigenvalue weighted by molar-refractivity contribution is 6.36. The molecule has 0 aromatic heterocycles. The van der Waals surface area contributed by atoms with Crippen LogP contribution in [0.25, 0.3) is 11.1 Å². The summed E-state index contributed by atoms with van der Waals surface area (Å²) in [4.78, 5) is 0. The van der Waals surface area contributed by atoms with Crippen LogP contribution in [0.1, 0.15) is 18.5 Å². The predicted molar refractivity (Wildman–Crippen MR) is 81.0 cm³/mol. The van der Waals surface area contributed by atoms with Crippen molar-refractivity contribution in [1.29, 1.82) is 0 Å². The van der Waals surface area contributed by atoms with Crippen molar-refractivity contribution in [3.63, 3.8) is 0 Å². The van der Waals surface area contributed by atoms with Gasteiger partial charge in [-0.05, 0) is 30.7 Å². The van der Waals surface area contributed by atoms with Gasteiger partial charge in [0.05, 0.1) is 17.2 Å². The highest BCUT2D eigenvalue weighted by Crippen LogP contribution is 2.38. The van der Waals surface area contributed by atoms with Crippen molar-refractivity contribution in [1.82, 2.24) is 0 Å². The Morgan fingerprint density at radius 3 is 2.40 bits per heavy atom. The van der Waals surface area contributed by atoms with Crippen molar-refractivity contribution in [3.05, 3.63) is 51.8 Å². The molecule has 2 nitrogen and oxygen atoms in total. The lowest BCUT2D eigenvalue weighted by Crippen LogP contribution is -2.05. The summed E-state index contributed by atoms with van der Waals surface area (Å²) in [5.74, 6) is 0.0710. The molecule has 1 atom stereocenters. The van der Waals surface area contributed by atoms with E-state index in [1.54, 1.807) is 24.3 Å². The fourth-order valence-corrected chi connectivity index (χ4v) is 2.42. The zero-order valence-corrected chi connectivity index (χ0v) is 12.6. The van der Waals surface area contributed by atoms with Crippen molar-refractivity contribution in [3.8, 4) is 16.9 Å². The molecule has 0 saturated heterocycles. The second-order valence-corrected chi connectivity index (χ2v) is 5.31. The number of halogens is 3. The van der Waals surface area contributed by atoms with E-state index in [9.17, 15) is 4.39 Å². The lowest BCUT2D eigenvalue weighted by molar-refractivity contribution is 0.415. The highest BCUT2D eigenvalue weighted by atomic mass is 35.5. The van der Waals surface area contributed by atoms with Crippen LogP contribution in [0, 0.1) is 5.82 Å². The van der Waals surface area contributed by atoms with Gasteiger partial charge in [-0.15, -0.1) is 0 Å². The first-order chi connectivity index (χ1) is 9.43. The third-order valence-corrected chi connectivity index (χ3v) is 3.66. The van der Waals surface area contributed by atoms with Gasteiger partial charge in [0.15, 0.2) is 0 Å². The van der Waals surface area contributed by atoms with Crippen molar-refractivity contribution in [2.45, 2.75) is 13.0 Å². The molecule has 0 saturated carbocycles. The Morgan fingerprint density at radius 2 is 1.80 bits per heavy atom. The Hall–Kier alpha value is -1.29. The van der Waals surface area contributed by atoms with Gasteiger partial charge in [-0.2, -0.15) is 0 Å². The standard InChI is InChI=1S/C15H14Cl2FNO/c1-8(19)9-3-4-14(18)11(5-9)10-6-13(17)15(20-2)7-12(10)16/h3-8H,19H2,1-2H3. The van der Waals surface area contributed by atoms with E-state index in [0.717, 1.165) is 5.56 Å². The maximum atomic E-state index is 14.0. The number of ether oxygens (including phenoxy) is 1. The molecule has 0 amide bonds. The minimum Gasteiger partial charge on any atom is -0.495 e. The number of hydrogen-bond donors (Lipinski definition) is 1. The Balaban J connectivity index is 2.62. The summed E-state index contributed by atoms with van der Waals surface area (Å²) in [6, 6.07) is 7.68. The molecular weight excluding hydrogens is 300 g/mol. The normalized spacial score (nSPS) is 12.3. The van der Waals surface area contributed by atoms with Crippen LogP contribution < -0.4 is 10.5 Å². The molecule has 20 heavy (non-hydrogen) atoms. The van der Waals surface area contributed by atoms with Crippen molar-refractivity contribution >= 4 is 23.2 Å². The Morgan fingerprint density at radius 1 is 1.10 bits per heavy atom. The molecule has 0 aliphatic carbocycles. The van der Waals surface area contributed by atoms with Gasteiger partial charge in [0.25, 0.3) is 0 Å². The molecular formula is C15H14Cl2FNO. The Bertz CT molecular complexity index is 644. The summed E-state index contributed by atoms with van der Waals surface area (Å²) in [6.45, 7) is 1.83. The van der Waals surface area contributed by atoms with Crippen LogP contribution in [0.3, 0.4) is 0 Å². The van der Waals surface area contributed by atoms with E-state index in [0.29, 0.717) is 26.9 Å². The van der Waals surface area contributed by atoms with Crippen molar-refractivity contribution in [2.75, 3.05) is 7.11 Å². The molecule has 0 fully saturated rings. The predicted octanol–water partition coefficient (Wildman–Crippen LogP) is 4.83. The number of methoxy groups -OCH3 is 1. The summed E-state index contributed by atoms with van der Waals surface area (Å²) in [5.41, 5.74) is 7.53. The van der Waals surface area contributed by atoms with Gasteiger partial charge < -0.3 is 10.5 Å². The van der Waals surface area contributed by atoms with Crippen LogP contribution in [-0.2, 0) is 0 Å². The van der Waals surface area contributed by atoms with Gasteiger partial charge in [-0.25, -0.2) is 4.39 Å². The van der Waals surface area contributed by atoms with Crippen LogP contribution in [0.5, 0.6) is 5.75 Å². The minimum absolute atomic E-state index is 0.193. The van der Waals surface area contributed by atoms with E-state index in [1.165, 1.54) is 13.2 Å². The number of hydrogen-bond acceptors (Lipinski definition) is 2. The van der Waals surface area contributed by atoms with E-state index in [1.807, 2.05) is 6.92 Å². The molecule has 2 N–H and O–H groups in total. The fraction of sp³-hybridized carbons (Fsp3) is 0.200. The smallest absolute Gasteiger partial charge is 0.138 e. The topological polar surface area (TPSA) is 35.2 Å². The average Bonchev–Trinajstić information content (AvgIpc) is 2.41. The molecule has 0 spiro atoms. The quantitative estimate of drug-likeness (QED) is 0.881. The zero-order chi connectivity index (χ0) is 14.9. The van der Waals surface area contributed by atoms with Gasteiger partial charge in [0, 0.05) is 23.2 Å². The lowest BCUT2D eigenvalue weighted by Gasteiger charge is -2.13. The highest BCUT2D eigenvalue weighted by Gasteiger charge is 2.14. The lowest BCUT2D eigenvalue weighted by atomic mass is 9.99. The molecule has 1 unspecified atom stereocenters. The van der Waals surface area contributed by atoms with E-state index in [-0.39, 0.29) is 11.9 Å². The molecule has 2 aromatic rings. The molecule has 5 heteroatoms. The van der Waals surface area contributed by atoms with Crippen molar-refractivity contribution < 1.29 is 9.13 Å². The van der Waals surface area contributed by atoms with Gasteiger partial charge in [0.1, 0.15) is 11.6 Å². The van der Waals surface area contributed by atoms with Crippen molar-refractivity contribution in [2.24, 2.45) is 5.73 Å². The van der Waals surface area contributed by atoms with Gasteiger partial charge in [-0.3, -0.25) is 0 Å². The first kappa shape index (κ1) is 15.1. The molecule has 0 aliphatic rings. The second kappa shape index (κ2) is 6.00. The second-order valence-electron chi connectivity index (χ2n) is 4.49. The van der Waals surface area contributed by atoms with Crippen LogP contribution in [0.15, 0.2) is 30.3 Å². The Labute approximate surface area is 127 Å². The van der Waals surface area contributed by atoms with Crippen LogP contribution >= 0.6 is 23.2 Å². The molecule has 0 heterocycles. The molecule has 0 radical (unpaired) electrons. The third kappa shape index (κ3) is 2.90. The molecule has 106 valence electrons. The zero-order valence-electron chi connectivity index (χ0n) is 11.1. The number of rotatable bonds is 3. The number of nitrogens with two attached hydrogens (primary N) is 1. The van der Waals surface area contributed by atoms with Crippen LogP contribution in [-0.4, -0.2) is 7.11 Å². The largest absolute Gasteiger partial charge is 0.495 e.